The third kappa shape index (κ3) is 3.43. The van der Waals surface area contributed by atoms with Gasteiger partial charge in [-0.1, -0.05) is 11.6 Å². The number of pyridine rings is 1. The molecule has 2 aromatic heterocycles. The van der Waals surface area contributed by atoms with Gasteiger partial charge in [0.05, 0.1) is 5.69 Å². The van der Waals surface area contributed by atoms with Crippen LogP contribution in [0.4, 0.5) is 5.69 Å². The van der Waals surface area contributed by atoms with Gasteiger partial charge in [-0.05, 0) is 69.4 Å². The number of hydrogen-bond acceptors (Lipinski definition) is 4. The molecule has 1 amide bonds. The lowest BCUT2D eigenvalue weighted by Gasteiger charge is -2.14. The zero-order valence-corrected chi connectivity index (χ0v) is 15.4. The number of nitrogens with two attached hydrogens (primary N) is 1. The van der Waals surface area contributed by atoms with Crippen molar-refractivity contribution in [1.82, 2.24) is 10.3 Å². The quantitative estimate of drug-likeness (QED) is 0.800. The van der Waals surface area contributed by atoms with E-state index in [1.807, 2.05) is 0 Å². The summed E-state index contributed by atoms with van der Waals surface area (Å²) in [5, 5.41) is 3.99. The topological polar surface area (TPSA) is 68.0 Å². The zero-order valence-electron chi connectivity index (χ0n) is 14.6. The fourth-order valence-corrected chi connectivity index (χ4v) is 4.89. The molecule has 132 valence electrons. The first-order chi connectivity index (χ1) is 12.2. The Bertz CT molecular complexity index is 837. The van der Waals surface area contributed by atoms with Crippen LogP contribution >= 0.6 is 11.3 Å². The van der Waals surface area contributed by atoms with Crippen LogP contribution in [0.15, 0.2) is 17.7 Å². The van der Waals surface area contributed by atoms with Crippen molar-refractivity contribution in [2.24, 2.45) is 0 Å². The Hall–Kier alpha value is -1.88. The van der Waals surface area contributed by atoms with Crippen molar-refractivity contribution in [3.8, 4) is 0 Å². The van der Waals surface area contributed by atoms with E-state index in [0.29, 0.717) is 17.1 Å². The van der Waals surface area contributed by atoms with Gasteiger partial charge in [0, 0.05) is 17.6 Å². The highest BCUT2D eigenvalue weighted by Crippen LogP contribution is 2.35. The number of fused-ring (bicyclic) bond motifs is 2. The summed E-state index contributed by atoms with van der Waals surface area (Å²) in [7, 11) is 0. The second-order valence-electron chi connectivity index (χ2n) is 7.11. The van der Waals surface area contributed by atoms with Gasteiger partial charge >= 0.3 is 0 Å². The molecule has 3 N–H and O–H groups in total. The number of aryl methyl sites for hydroxylation is 2. The number of allylic oxidation sites excluding steroid dienone is 1. The van der Waals surface area contributed by atoms with E-state index in [2.05, 4.69) is 17.5 Å². The second-order valence-corrected chi connectivity index (χ2v) is 8.11. The van der Waals surface area contributed by atoms with E-state index < -0.39 is 0 Å². The van der Waals surface area contributed by atoms with Gasteiger partial charge in [-0.3, -0.25) is 4.79 Å². The van der Waals surface area contributed by atoms with Crippen LogP contribution in [-0.4, -0.2) is 17.4 Å². The smallest absolute Gasteiger partial charge is 0.263 e. The molecule has 0 spiro atoms. The van der Waals surface area contributed by atoms with Crippen molar-refractivity contribution in [3.63, 3.8) is 0 Å². The van der Waals surface area contributed by atoms with Gasteiger partial charge in [0.15, 0.2) is 0 Å². The first-order valence-corrected chi connectivity index (χ1v) is 10.2. The van der Waals surface area contributed by atoms with E-state index in [4.69, 9.17) is 10.7 Å². The molecule has 4 nitrogen and oxygen atoms in total. The van der Waals surface area contributed by atoms with Crippen molar-refractivity contribution < 1.29 is 4.79 Å². The van der Waals surface area contributed by atoms with Gasteiger partial charge in [-0.2, -0.15) is 0 Å². The number of carbonyl (C=O) groups excluding carboxylic acids is 1. The zero-order chi connectivity index (χ0) is 17.2. The molecule has 0 saturated heterocycles. The summed E-state index contributed by atoms with van der Waals surface area (Å²) < 4.78 is 0. The number of nitrogens with one attached hydrogen (secondary N) is 1. The number of carbonyl (C=O) groups is 1. The van der Waals surface area contributed by atoms with Crippen molar-refractivity contribution in [3.05, 3.63) is 33.9 Å². The number of thiophene rings is 1. The summed E-state index contributed by atoms with van der Waals surface area (Å²) in [6, 6.07) is 2.16. The number of amides is 1. The minimum Gasteiger partial charge on any atom is -0.397 e. The Labute approximate surface area is 152 Å². The van der Waals surface area contributed by atoms with E-state index in [-0.39, 0.29) is 5.91 Å². The highest BCUT2D eigenvalue weighted by molar-refractivity contribution is 7.21. The average Bonchev–Trinajstić information content (AvgIpc) is 2.97. The molecule has 5 heteroatoms. The SMILES string of the molecule is Nc1c(C(=O)NCCC2=CCCCC2)sc2nc3c(cc12)CCCC3. The number of nitrogen functional groups attached to an aromatic ring is 1. The van der Waals surface area contributed by atoms with E-state index in [1.54, 1.807) is 0 Å². The molecule has 2 aliphatic carbocycles. The second kappa shape index (κ2) is 7.16. The molecular weight excluding hydrogens is 330 g/mol. The fraction of sp³-hybridized carbons (Fsp3) is 0.500. The van der Waals surface area contributed by atoms with Crippen LogP contribution in [0, 0.1) is 0 Å². The third-order valence-corrected chi connectivity index (χ3v) is 6.44. The normalized spacial score (nSPS) is 17.2. The molecule has 2 aliphatic rings. The van der Waals surface area contributed by atoms with Crippen LogP contribution in [-0.2, 0) is 12.8 Å². The summed E-state index contributed by atoms with van der Waals surface area (Å²) in [4.78, 5) is 18.9. The van der Waals surface area contributed by atoms with Crippen LogP contribution in [0.1, 0.15) is 65.9 Å². The van der Waals surface area contributed by atoms with Crippen LogP contribution in [0.2, 0.25) is 0 Å². The number of aromatic nitrogens is 1. The largest absolute Gasteiger partial charge is 0.397 e. The molecule has 0 aromatic carbocycles. The monoisotopic (exact) mass is 355 g/mol. The van der Waals surface area contributed by atoms with Gasteiger partial charge in [0.1, 0.15) is 9.71 Å². The van der Waals surface area contributed by atoms with E-state index in [0.717, 1.165) is 29.5 Å². The van der Waals surface area contributed by atoms with Crippen molar-refractivity contribution in [2.75, 3.05) is 12.3 Å². The fourth-order valence-electron chi connectivity index (χ4n) is 3.88. The molecule has 0 saturated carbocycles. The minimum atomic E-state index is -0.0603. The van der Waals surface area contributed by atoms with Gasteiger partial charge < -0.3 is 11.1 Å². The maximum absolute atomic E-state index is 12.6. The number of nitrogens with zero attached hydrogens (tertiary/aromatic N) is 1. The molecule has 4 rings (SSSR count). The molecule has 2 aromatic rings. The van der Waals surface area contributed by atoms with Crippen LogP contribution in [0.5, 0.6) is 0 Å². The molecule has 25 heavy (non-hydrogen) atoms. The van der Waals surface area contributed by atoms with E-state index in [9.17, 15) is 4.79 Å². The lowest BCUT2D eigenvalue weighted by molar-refractivity contribution is 0.0959. The Morgan fingerprint density at radius 2 is 2.04 bits per heavy atom. The molecule has 0 aliphatic heterocycles. The molecule has 0 atom stereocenters. The summed E-state index contributed by atoms with van der Waals surface area (Å²) in [5.74, 6) is -0.0603. The third-order valence-electron chi connectivity index (χ3n) is 5.32. The highest BCUT2D eigenvalue weighted by Gasteiger charge is 2.20. The number of anilines is 1. The summed E-state index contributed by atoms with van der Waals surface area (Å²) in [6.45, 7) is 0.683. The predicted octanol–water partition coefficient (Wildman–Crippen LogP) is 4.38. The molecular formula is C20H25N3OS. The Balaban J connectivity index is 1.49. The van der Waals surface area contributed by atoms with Gasteiger partial charge in [-0.25, -0.2) is 4.98 Å². The Morgan fingerprint density at radius 1 is 1.20 bits per heavy atom. The van der Waals surface area contributed by atoms with Crippen molar-refractivity contribution >= 4 is 33.1 Å². The minimum absolute atomic E-state index is 0.0603. The number of rotatable bonds is 4. The Morgan fingerprint density at radius 3 is 2.88 bits per heavy atom. The van der Waals surface area contributed by atoms with Gasteiger partial charge in [-0.15, -0.1) is 11.3 Å². The van der Waals surface area contributed by atoms with Gasteiger partial charge in [0.2, 0.25) is 0 Å². The molecule has 2 heterocycles. The molecule has 0 bridgehead atoms. The highest BCUT2D eigenvalue weighted by atomic mass is 32.1. The summed E-state index contributed by atoms with van der Waals surface area (Å²) in [5.41, 5.74) is 10.9. The maximum Gasteiger partial charge on any atom is 0.263 e. The lowest BCUT2D eigenvalue weighted by atomic mass is 9.95. The molecule has 0 unspecified atom stereocenters. The maximum atomic E-state index is 12.6. The van der Waals surface area contributed by atoms with Crippen molar-refractivity contribution in [1.29, 1.82) is 0 Å². The first-order valence-electron chi connectivity index (χ1n) is 9.39. The van der Waals surface area contributed by atoms with Crippen LogP contribution in [0.3, 0.4) is 0 Å². The van der Waals surface area contributed by atoms with E-state index in [1.165, 1.54) is 66.7 Å². The molecule has 0 radical (unpaired) electrons. The van der Waals surface area contributed by atoms with Crippen LogP contribution in [0.25, 0.3) is 10.2 Å². The summed E-state index contributed by atoms with van der Waals surface area (Å²) >= 11 is 1.43. The molecule has 0 fully saturated rings. The van der Waals surface area contributed by atoms with E-state index >= 15 is 0 Å². The summed E-state index contributed by atoms with van der Waals surface area (Å²) in [6.07, 6.45) is 12.7. The van der Waals surface area contributed by atoms with Crippen molar-refractivity contribution in [2.45, 2.75) is 57.8 Å². The predicted molar refractivity (Wildman–Crippen MR) is 104 cm³/mol. The average molecular weight is 356 g/mol. The van der Waals surface area contributed by atoms with Gasteiger partial charge in [0.25, 0.3) is 5.91 Å². The lowest BCUT2D eigenvalue weighted by Crippen LogP contribution is -2.24. The Kier molecular flexibility index (Phi) is 4.75. The van der Waals surface area contributed by atoms with Crippen LogP contribution < -0.4 is 11.1 Å². The standard InChI is InChI=1S/C20H25N3OS/c21-17-15-12-14-8-4-5-9-16(14)23-20(15)25-18(17)19(24)22-11-10-13-6-2-1-3-7-13/h6,12H,1-5,7-11,21H2,(H,22,24). The first kappa shape index (κ1) is 16.6. The number of hydrogen-bond donors (Lipinski definition) is 2.